The summed E-state index contributed by atoms with van der Waals surface area (Å²) >= 11 is 0. The lowest BCUT2D eigenvalue weighted by Crippen LogP contribution is -2.27. The van der Waals surface area contributed by atoms with E-state index < -0.39 is 0 Å². The zero-order valence-electron chi connectivity index (χ0n) is 7.62. The third kappa shape index (κ3) is 2.11. The van der Waals surface area contributed by atoms with E-state index >= 15 is 0 Å². The zero-order chi connectivity index (χ0) is 9.26. The standard InChI is InChI=1S/C10H13NO2/c1-7-4-9(7)11-10(12)5-8-2-3-13-6-8/h2-3,6-7,9H,4-5H2,1H3,(H,11,12). The highest BCUT2D eigenvalue weighted by Crippen LogP contribution is 2.28. The van der Waals surface area contributed by atoms with Gasteiger partial charge in [-0.05, 0) is 24.0 Å². The molecule has 1 aromatic heterocycles. The SMILES string of the molecule is CC1CC1NC(=O)Cc1ccoc1. The monoisotopic (exact) mass is 179 g/mol. The molecule has 0 radical (unpaired) electrons. The van der Waals surface area contributed by atoms with Gasteiger partial charge >= 0.3 is 0 Å². The van der Waals surface area contributed by atoms with Crippen molar-refractivity contribution in [3.05, 3.63) is 24.2 Å². The van der Waals surface area contributed by atoms with Gasteiger partial charge in [0.1, 0.15) is 0 Å². The van der Waals surface area contributed by atoms with Gasteiger partial charge in [0.25, 0.3) is 0 Å². The van der Waals surface area contributed by atoms with Gasteiger partial charge in [-0.1, -0.05) is 6.92 Å². The van der Waals surface area contributed by atoms with Crippen molar-refractivity contribution in [2.45, 2.75) is 25.8 Å². The summed E-state index contributed by atoms with van der Waals surface area (Å²) in [5.41, 5.74) is 0.936. The minimum atomic E-state index is 0.0933. The van der Waals surface area contributed by atoms with E-state index in [0.29, 0.717) is 18.4 Å². The van der Waals surface area contributed by atoms with Gasteiger partial charge < -0.3 is 9.73 Å². The molecule has 1 heterocycles. The van der Waals surface area contributed by atoms with E-state index in [4.69, 9.17) is 4.42 Å². The average Bonchev–Trinajstić information content (AvgIpc) is 2.61. The third-order valence-electron chi connectivity index (χ3n) is 2.40. The van der Waals surface area contributed by atoms with Crippen LogP contribution < -0.4 is 5.32 Å². The van der Waals surface area contributed by atoms with Gasteiger partial charge in [0, 0.05) is 6.04 Å². The number of furan rings is 1. The lowest BCUT2D eigenvalue weighted by molar-refractivity contribution is -0.120. The van der Waals surface area contributed by atoms with Gasteiger partial charge in [-0.15, -0.1) is 0 Å². The minimum absolute atomic E-state index is 0.0933. The van der Waals surface area contributed by atoms with Crippen molar-refractivity contribution in [3.63, 3.8) is 0 Å². The van der Waals surface area contributed by atoms with Crippen molar-refractivity contribution in [1.29, 1.82) is 0 Å². The van der Waals surface area contributed by atoms with E-state index in [-0.39, 0.29) is 5.91 Å². The molecular formula is C10H13NO2. The molecule has 3 nitrogen and oxygen atoms in total. The number of amides is 1. The summed E-state index contributed by atoms with van der Waals surface area (Å²) in [7, 11) is 0. The first-order chi connectivity index (χ1) is 6.25. The maximum atomic E-state index is 11.4. The number of carbonyl (C=O) groups excluding carboxylic acids is 1. The molecule has 1 saturated carbocycles. The summed E-state index contributed by atoms with van der Waals surface area (Å²) in [5, 5.41) is 2.96. The molecule has 1 aliphatic carbocycles. The highest BCUT2D eigenvalue weighted by Gasteiger charge is 2.33. The van der Waals surface area contributed by atoms with Crippen LogP contribution in [0.25, 0.3) is 0 Å². The summed E-state index contributed by atoms with van der Waals surface area (Å²) < 4.78 is 4.88. The number of hydrogen-bond acceptors (Lipinski definition) is 2. The van der Waals surface area contributed by atoms with Crippen molar-refractivity contribution in [2.24, 2.45) is 5.92 Å². The van der Waals surface area contributed by atoms with Crippen LogP contribution in [0.5, 0.6) is 0 Å². The molecule has 1 aliphatic rings. The number of hydrogen-bond donors (Lipinski definition) is 1. The molecule has 0 saturated heterocycles. The second-order valence-corrected chi connectivity index (χ2v) is 3.70. The van der Waals surface area contributed by atoms with Crippen LogP contribution in [-0.4, -0.2) is 11.9 Å². The molecule has 1 fully saturated rings. The van der Waals surface area contributed by atoms with Crippen LogP contribution in [0.3, 0.4) is 0 Å². The van der Waals surface area contributed by atoms with Gasteiger partial charge in [-0.3, -0.25) is 4.79 Å². The second kappa shape index (κ2) is 3.24. The molecule has 1 N–H and O–H groups in total. The molecule has 2 rings (SSSR count). The van der Waals surface area contributed by atoms with Crippen LogP contribution in [0.2, 0.25) is 0 Å². The lowest BCUT2D eigenvalue weighted by atomic mass is 10.2. The van der Waals surface area contributed by atoms with E-state index in [9.17, 15) is 4.79 Å². The molecule has 0 aromatic carbocycles. The van der Waals surface area contributed by atoms with Gasteiger partial charge in [0.05, 0.1) is 18.9 Å². The van der Waals surface area contributed by atoms with Crippen LogP contribution in [0.1, 0.15) is 18.9 Å². The minimum Gasteiger partial charge on any atom is -0.472 e. The maximum Gasteiger partial charge on any atom is 0.224 e. The Kier molecular flexibility index (Phi) is 2.08. The summed E-state index contributed by atoms with van der Waals surface area (Å²) in [6, 6.07) is 2.23. The van der Waals surface area contributed by atoms with Crippen LogP contribution in [0.15, 0.2) is 23.0 Å². The highest BCUT2D eigenvalue weighted by molar-refractivity contribution is 5.79. The Hall–Kier alpha value is -1.25. The lowest BCUT2D eigenvalue weighted by Gasteiger charge is -2.00. The van der Waals surface area contributed by atoms with Crippen LogP contribution in [0.4, 0.5) is 0 Å². The molecule has 13 heavy (non-hydrogen) atoms. The molecule has 1 aromatic rings. The van der Waals surface area contributed by atoms with E-state index in [1.165, 1.54) is 0 Å². The molecular weight excluding hydrogens is 166 g/mol. The number of carbonyl (C=O) groups is 1. The van der Waals surface area contributed by atoms with Gasteiger partial charge in [0.15, 0.2) is 0 Å². The van der Waals surface area contributed by atoms with Crippen molar-refractivity contribution < 1.29 is 9.21 Å². The maximum absolute atomic E-state index is 11.4. The fourth-order valence-corrected chi connectivity index (χ4v) is 1.36. The Balaban J connectivity index is 1.79. The van der Waals surface area contributed by atoms with Crippen molar-refractivity contribution in [1.82, 2.24) is 5.32 Å². The fourth-order valence-electron chi connectivity index (χ4n) is 1.36. The Morgan fingerprint density at radius 1 is 1.77 bits per heavy atom. The molecule has 2 atom stereocenters. The van der Waals surface area contributed by atoms with E-state index in [0.717, 1.165) is 12.0 Å². The van der Waals surface area contributed by atoms with E-state index in [2.05, 4.69) is 12.2 Å². The Labute approximate surface area is 77.1 Å². The Morgan fingerprint density at radius 2 is 2.54 bits per heavy atom. The molecule has 0 spiro atoms. The van der Waals surface area contributed by atoms with E-state index in [1.807, 2.05) is 6.07 Å². The summed E-state index contributed by atoms with van der Waals surface area (Å²) in [6.45, 7) is 2.14. The topological polar surface area (TPSA) is 42.2 Å². The largest absolute Gasteiger partial charge is 0.472 e. The second-order valence-electron chi connectivity index (χ2n) is 3.70. The normalized spacial score (nSPS) is 25.6. The van der Waals surface area contributed by atoms with E-state index in [1.54, 1.807) is 12.5 Å². The van der Waals surface area contributed by atoms with Crippen LogP contribution in [0, 0.1) is 5.92 Å². The van der Waals surface area contributed by atoms with Crippen molar-refractivity contribution >= 4 is 5.91 Å². The molecule has 1 amide bonds. The summed E-state index contributed by atoms with van der Waals surface area (Å²) in [4.78, 5) is 11.4. The zero-order valence-corrected chi connectivity index (χ0v) is 7.62. The van der Waals surface area contributed by atoms with Gasteiger partial charge in [-0.25, -0.2) is 0 Å². The van der Waals surface area contributed by atoms with Gasteiger partial charge in [-0.2, -0.15) is 0 Å². The molecule has 3 heteroatoms. The number of rotatable bonds is 3. The quantitative estimate of drug-likeness (QED) is 0.761. The van der Waals surface area contributed by atoms with Crippen LogP contribution >= 0.6 is 0 Å². The van der Waals surface area contributed by atoms with Crippen molar-refractivity contribution in [2.75, 3.05) is 0 Å². The third-order valence-corrected chi connectivity index (χ3v) is 2.40. The Bertz CT molecular complexity index is 292. The summed E-state index contributed by atoms with van der Waals surface area (Å²) in [5.74, 6) is 0.754. The predicted octanol–water partition coefficient (Wildman–Crippen LogP) is 1.35. The Morgan fingerprint density at radius 3 is 3.08 bits per heavy atom. The first-order valence-electron chi connectivity index (χ1n) is 4.56. The van der Waals surface area contributed by atoms with Crippen molar-refractivity contribution in [3.8, 4) is 0 Å². The first-order valence-corrected chi connectivity index (χ1v) is 4.56. The fraction of sp³-hybridized carbons (Fsp3) is 0.500. The average molecular weight is 179 g/mol. The molecule has 70 valence electrons. The van der Waals surface area contributed by atoms with Crippen LogP contribution in [-0.2, 0) is 11.2 Å². The molecule has 0 bridgehead atoms. The highest BCUT2D eigenvalue weighted by atomic mass is 16.3. The number of nitrogens with one attached hydrogen (secondary N) is 1. The molecule has 0 aliphatic heterocycles. The molecule has 2 unspecified atom stereocenters. The predicted molar refractivity (Wildman–Crippen MR) is 48.1 cm³/mol. The summed E-state index contributed by atoms with van der Waals surface area (Å²) in [6.07, 6.45) is 4.75. The first kappa shape index (κ1) is 8.35. The smallest absolute Gasteiger partial charge is 0.224 e. The van der Waals surface area contributed by atoms with Gasteiger partial charge in [0.2, 0.25) is 5.91 Å².